The fourth-order valence-electron chi connectivity index (χ4n) is 4.00. The van der Waals surface area contributed by atoms with Crippen molar-refractivity contribution in [2.24, 2.45) is 22.2 Å². The quantitative estimate of drug-likeness (QED) is 0.805. The van der Waals surface area contributed by atoms with Crippen LogP contribution < -0.4 is 0 Å². The van der Waals surface area contributed by atoms with Crippen molar-refractivity contribution in [1.29, 1.82) is 0 Å². The normalized spacial score (nSPS) is 31.3. The Morgan fingerprint density at radius 2 is 1.83 bits per heavy atom. The van der Waals surface area contributed by atoms with Gasteiger partial charge in [0.25, 0.3) is 0 Å². The maximum atomic E-state index is 12.7. The fourth-order valence-corrected chi connectivity index (χ4v) is 4.00. The van der Waals surface area contributed by atoms with Gasteiger partial charge in [0.05, 0.1) is 18.1 Å². The van der Waals surface area contributed by atoms with Crippen LogP contribution >= 0.6 is 0 Å². The van der Waals surface area contributed by atoms with Gasteiger partial charge in [-0.05, 0) is 25.2 Å². The number of carbonyl (C=O) groups excluding carboxylic acids is 2. The highest BCUT2D eigenvalue weighted by Crippen LogP contribution is 2.60. The van der Waals surface area contributed by atoms with E-state index in [4.69, 9.17) is 0 Å². The molecule has 2 unspecified atom stereocenters. The Morgan fingerprint density at radius 3 is 2.26 bits per heavy atom. The SMILES string of the molecule is CC(C)(C)C(=O)C1(CO)CC1CC(C)(C)C(=O)N1CC[C@@H](O)C1. The zero-order valence-electron chi connectivity index (χ0n) is 15.1. The number of amides is 1. The molecule has 5 heteroatoms. The number of aliphatic hydroxyl groups is 2. The van der Waals surface area contributed by atoms with E-state index in [1.165, 1.54) is 0 Å². The molecule has 2 rings (SSSR count). The zero-order chi connectivity index (χ0) is 17.6. The van der Waals surface area contributed by atoms with Crippen molar-refractivity contribution < 1.29 is 19.8 Å². The fraction of sp³-hybridized carbons (Fsp3) is 0.889. The summed E-state index contributed by atoms with van der Waals surface area (Å²) in [5.74, 6) is 0.194. The Kier molecular flexibility index (Phi) is 4.68. The molecule has 1 aliphatic heterocycles. The minimum absolute atomic E-state index is 0.0380. The highest BCUT2D eigenvalue weighted by molar-refractivity contribution is 5.92. The van der Waals surface area contributed by atoms with Crippen molar-refractivity contribution in [3.63, 3.8) is 0 Å². The van der Waals surface area contributed by atoms with Gasteiger partial charge in [-0.25, -0.2) is 0 Å². The van der Waals surface area contributed by atoms with Gasteiger partial charge in [0.1, 0.15) is 5.78 Å². The van der Waals surface area contributed by atoms with E-state index in [2.05, 4.69) is 0 Å². The van der Waals surface area contributed by atoms with Crippen molar-refractivity contribution >= 4 is 11.7 Å². The summed E-state index contributed by atoms with van der Waals surface area (Å²) in [4.78, 5) is 27.1. The number of ketones is 1. The van der Waals surface area contributed by atoms with Gasteiger partial charge >= 0.3 is 0 Å². The Morgan fingerprint density at radius 1 is 1.22 bits per heavy atom. The highest BCUT2D eigenvalue weighted by atomic mass is 16.3. The van der Waals surface area contributed by atoms with Gasteiger partial charge in [0, 0.05) is 23.9 Å². The molecule has 23 heavy (non-hydrogen) atoms. The van der Waals surface area contributed by atoms with Crippen LogP contribution in [0, 0.1) is 22.2 Å². The molecule has 5 nitrogen and oxygen atoms in total. The lowest BCUT2D eigenvalue weighted by molar-refractivity contribution is -0.141. The summed E-state index contributed by atoms with van der Waals surface area (Å²) in [5.41, 5.74) is -1.73. The van der Waals surface area contributed by atoms with E-state index in [9.17, 15) is 19.8 Å². The third-order valence-electron chi connectivity index (χ3n) is 5.43. The third-order valence-corrected chi connectivity index (χ3v) is 5.43. The second-order valence-corrected chi connectivity index (χ2v) is 9.08. The number of hydrogen-bond donors (Lipinski definition) is 2. The van der Waals surface area contributed by atoms with Crippen molar-refractivity contribution in [1.82, 2.24) is 4.90 Å². The highest BCUT2D eigenvalue weighted by Gasteiger charge is 2.62. The number of β-amino-alcohol motifs (C(OH)–C–C–N with tert-alkyl or cyclic N) is 1. The molecule has 3 atom stereocenters. The number of nitrogens with zero attached hydrogens (tertiary/aromatic N) is 1. The van der Waals surface area contributed by atoms with E-state index in [0.29, 0.717) is 32.4 Å². The van der Waals surface area contributed by atoms with Gasteiger partial charge in [-0.15, -0.1) is 0 Å². The minimum Gasteiger partial charge on any atom is -0.395 e. The van der Waals surface area contributed by atoms with E-state index in [0.717, 1.165) is 0 Å². The van der Waals surface area contributed by atoms with Gasteiger partial charge in [-0.3, -0.25) is 9.59 Å². The summed E-state index contributed by atoms with van der Waals surface area (Å²) < 4.78 is 0. The Hall–Kier alpha value is -0.940. The lowest BCUT2D eigenvalue weighted by Gasteiger charge is -2.31. The first-order valence-corrected chi connectivity index (χ1v) is 8.57. The van der Waals surface area contributed by atoms with Crippen LogP contribution in [0.25, 0.3) is 0 Å². The Labute approximate surface area is 139 Å². The first-order chi connectivity index (χ1) is 10.4. The van der Waals surface area contributed by atoms with Crippen molar-refractivity contribution in [3.8, 4) is 0 Å². The summed E-state index contributed by atoms with van der Waals surface area (Å²) in [6.07, 6.45) is 1.48. The second-order valence-electron chi connectivity index (χ2n) is 9.08. The third kappa shape index (κ3) is 3.45. The lowest BCUT2D eigenvalue weighted by Crippen LogP contribution is -2.41. The number of likely N-dealkylation sites (tertiary alicyclic amines) is 1. The van der Waals surface area contributed by atoms with Crippen LogP contribution in [0.5, 0.6) is 0 Å². The van der Waals surface area contributed by atoms with Crippen LogP contribution in [0.4, 0.5) is 0 Å². The number of carbonyl (C=O) groups is 2. The molecule has 1 saturated carbocycles. The average Bonchev–Trinajstić information content (AvgIpc) is 2.96. The molecule has 1 heterocycles. The van der Waals surface area contributed by atoms with Crippen LogP contribution in [0.2, 0.25) is 0 Å². The summed E-state index contributed by atoms with van der Waals surface area (Å²) in [6.45, 7) is 10.3. The zero-order valence-corrected chi connectivity index (χ0v) is 15.1. The van der Waals surface area contributed by atoms with Crippen LogP contribution in [-0.2, 0) is 9.59 Å². The molecule has 2 fully saturated rings. The predicted octanol–water partition coefficient (Wildman–Crippen LogP) is 1.61. The van der Waals surface area contributed by atoms with Gasteiger partial charge in [0.2, 0.25) is 5.91 Å². The standard InChI is InChI=1S/C18H31NO4/c1-16(2,3)14(22)18(11-20)9-12(18)8-17(4,5)15(23)19-7-6-13(21)10-19/h12-13,20-21H,6-11H2,1-5H3/t12?,13-,18?/m1/s1. The molecule has 2 N–H and O–H groups in total. The second kappa shape index (κ2) is 5.85. The molecule has 1 saturated heterocycles. The molecule has 1 amide bonds. The van der Waals surface area contributed by atoms with Crippen LogP contribution in [0.3, 0.4) is 0 Å². The summed E-state index contributed by atoms with van der Waals surface area (Å²) >= 11 is 0. The van der Waals surface area contributed by atoms with E-state index in [-0.39, 0.29) is 24.2 Å². The summed E-state index contributed by atoms with van der Waals surface area (Å²) in [7, 11) is 0. The number of rotatable bonds is 5. The molecule has 0 spiro atoms. The maximum absolute atomic E-state index is 12.7. The van der Waals surface area contributed by atoms with Crippen molar-refractivity contribution in [2.75, 3.05) is 19.7 Å². The molecule has 0 radical (unpaired) electrons. The van der Waals surface area contributed by atoms with Crippen molar-refractivity contribution in [2.45, 2.75) is 60.0 Å². The maximum Gasteiger partial charge on any atom is 0.228 e. The van der Waals surface area contributed by atoms with Gasteiger partial charge in [-0.2, -0.15) is 0 Å². The number of Topliss-reactive ketones (excluding diaryl/α,β-unsaturated/α-hetero) is 1. The molecule has 0 aromatic rings. The Bertz CT molecular complexity index is 494. The number of aliphatic hydroxyl groups excluding tert-OH is 2. The largest absolute Gasteiger partial charge is 0.395 e. The summed E-state index contributed by atoms with van der Waals surface area (Å²) in [6, 6.07) is 0. The lowest BCUT2D eigenvalue weighted by atomic mass is 9.77. The van der Waals surface area contributed by atoms with Gasteiger partial charge in [0.15, 0.2) is 0 Å². The molecular weight excluding hydrogens is 294 g/mol. The molecule has 1 aliphatic carbocycles. The summed E-state index contributed by atoms with van der Waals surface area (Å²) in [5, 5.41) is 19.4. The monoisotopic (exact) mass is 325 g/mol. The predicted molar refractivity (Wildman–Crippen MR) is 87.7 cm³/mol. The van der Waals surface area contributed by atoms with Gasteiger partial charge in [-0.1, -0.05) is 34.6 Å². The van der Waals surface area contributed by atoms with Crippen molar-refractivity contribution in [3.05, 3.63) is 0 Å². The topological polar surface area (TPSA) is 77.8 Å². The first-order valence-electron chi connectivity index (χ1n) is 8.57. The first kappa shape index (κ1) is 18.4. The average molecular weight is 325 g/mol. The van der Waals surface area contributed by atoms with Crippen LogP contribution in [0.1, 0.15) is 53.9 Å². The molecule has 2 aliphatic rings. The van der Waals surface area contributed by atoms with E-state index < -0.39 is 22.3 Å². The Balaban J connectivity index is 2.04. The number of hydrogen-bond acceptors (Lipinski definition) is 4. The molecular formula is C18H31NO4. The minimum atomic E-state index is -0.666. The molecule has 0 aromatic heterocycles. The van der Waals surface area contributed by atoms with E-state index >= 15 is 0 Å². The molecule has 0 bridgehead atoms. The van der Waals surface area contributed by atoms with Crippen LogP contribution in [-0.4, -0.2) is 52.6 Å². The smallest absolute Gasteiger partial charge is 0.228 e. The van der Waals surface area contributed by atoms with Gasteiger partial charge < -0.3 is 15.1 Å². The molecule has 0 aromatic carbocycles. The van der Waals surface area contributed by atoms with E-state index in [1.807, 2.05) is 34.6 Å². The molecule has 132 valence electrons. The van der Waals surface area contributed by atoms with Crippen LogP contribution in [0.15, 0.2) is 0 Å². The van der Waals surface area contributed by atoms with E-state index in [1.54, 1.807) is 4.90 Å².